The second-order valence-electron chi connectivity index (χ2n) is 11.9. The number of hydrogen-bond acceptors (Lipinski definition) is 3. The summed E-state index contributed by atoms with van der Waals surface area (Å²) >= 11 is 0. The van der Waals surface area contributed by atoms with Gasteiger partial charge in [-0.1, -0.05) is 77.1 Å². The van der Waals surface area contributed by atoms with E-state index in [0.717, 1.165) is 44.2 Å². The fourth-order valence-electron chi connectivity index (χ4n) is 5.85. The molecule has 5 heteroatoms. The normalized spacial score (nSPS) is 12.5. The van der Waals surface area contributed by atoms with Crippen LogP contribution in [0.3, 0.4) is 0 Å². The van der Waals surface area contributed by atoms with Crippen LogP contribution >= 0.6 is 0 Å². The Bertz CT molecular complexity index is 2090. The van der Waals surface area contributed by atoms with E-state index in [0.29, 0.717) is 17.1 Å². The van der Waals surface area contributed by atoms with Crippen molar-refractivity contribution in [3.8, 4) is 17.1 Å². The molecule has 0 atom stereocenters. The molecule has 3 aromatic heterocycles. The zero-order chi connectivity index (χ0) is 27.8. The van der Waals surface area contributed by atoms with Crippen LogP contribution < -0.4 is 0 Å². The number of benzene rings is 4. The van der Waals surface area contributed by atoms with Crippen molar-refractivity contribution in [2.24, 2.45) is 0 Å². The van der Waals surface area contributed by atoms with Gasteiger partial charge in [0.05, 0.1) is 27.8 Å². The molecular weight excluding hydrogens is 497 g/mol. The Kier molecular flexibility index (Phi) is 5.36. The monoisotopic (exact) mass is 527 g/mol. The van der Waals surface area contributed by atoms with Crippen LogP contribution in [0.5, 0.6) is 0 Å². The number of nitrogens with zero attached hydrogens (tertiary/aromatic N) is 3. The molecule has 0 unspecified atom stereocenters. The van der Waals surface area contributed by atoms with Crippen LogP contribution in [0.2, 0.25) is 0 Å². The maximum Gasteiger partial charge on any atom is 0.227 e. The first-order chi connectivity index (χ1) is 19.2. The van der Waals surface area contributed by atoms with E-state index >= 15 is 0 Å². The first-order valence-electron chi connectivity index (χ1n) is 13.7. The third-order valence-corrected chi connectivity index (χ3v) is 7.77. The molecule has 0 radical (unpaired) electrons. The molecule has 40 heavy (non-hydrogen) atoms. The number of furan rings is 1. The highest BCUT2D eigenvalue weighted by atomic mass is 19.1. The molecule has 0 aliphatic heterocycles. The summed E-state index contributed by atoms with van der Waals surface area (Å²) in [6, 6.07) is 27.6. The number of halogens is 1. The van der Waals surface area contributed by atoms with Crippen LogP contribution in [0.15, 0.2) is 89.3 Å². The van der Waals surface area contributed by atoms with Gasteiger partial charge in [-0.3, -0.25) is 4.57 Å². The Morgan fingerprint density at radius 2 is 1.60 bits per heavy atom. The molecule has 4 aromatic carbocycles. The highest BCUT2D eigenvalue weighted by Gasteiger charge is 2.27. The maximum absolute atomic E-state index is 14.0. The van der Waals surface area contributed by atoms with Crippen LogP contribution in [0.1, 0.15) is 51.7 Å². The van der Waals surface area contributed by atoms with Crippen LogP contribution in [0.4, 0.5) is 4.39 Å². The second kappa shape index (κ2) is 8.75. The molecule has 0 amide bonds. The average Bonchev–Trinajstić information content (AvgIpc) is 3.48. The van der Waals surface area contributed by atoms with E-state index in [1.807, 2.05) is 24.3 Å². The number of rotatable bonds is 3. The fourth-order valence-corrected chi connectivity index (χ4v) is 5.85. The third-order valence-electron chi connectivity index (χ3n) is 7.77. The standard InChI is InChI=1S/C35H30FN3O/c1-20(2)23-10-9-13-27(35(3,4)5)31(23)39-30-15-7-6-14-29(30)37-33(39)25-12-8-11-24-26-19-21-18-22(36)16-17-28(21)38-34(26)40-32(24)25/h6-20H,1-5H3. The zero-order valence-electron chi connectivity index (χ0n) is 23.3. The quantitative estimate of drug-likeness (QED) is 0.230. The summed E-state index contributed by atoms with van der Waals surface area (Å²) in [6.07, 6.45) is 0. The Morgan fingerprint density at radius 3 is 2.40 bits per heavy atom. The van der Waals surface area contributed by atoms with Gasteiger partial charge in [0.1, 0.15) is 17.2 Å². The Morgan fingerprint density at radius 1 is 0.800 bits per heavy atom. The number of aromatic nitrogens is 3. The molecule has 0 aliphatic rings. The molecule has 0 fully saturated rings. The minimum absolute atomic E-state index is 0.0897. The van der Waals surface area contributed by atoms with Crippen molar-refractivity contribution in [1.82, 2.24) is 14.5 Å². The summed E-state index contributed by atoms with van der Waals surface area (Å²) < 4.78 is 22.8. The molecule has 0 spiro atoms. The van der Waals surface area contributed by atoms with Gasteiger partial charge in [-0.25, -0.2) is 14.4 Å². The molecule has 0 saturated heterocycles. The predicted octanol–water partition coefficient (Wildman–Crippen LogP) is 9.70. The lowest BCUT2D eigenvalue weighted by Crippen LogP contribution is -2.18. The second-order valence-corrected chi connectivity index (χ2v) is 11.9. The summed E-state index contributed by atoms with van der Waals surface area (Å²) in [7, 11) is 0. The van der Waals surface area contributed by atoms with Crippen LogP contribution in [0.25, 0.3) is 61.1 Å². The molecule has 0 N–H and O–H groups in total. The van der Waals surface area contributed by atoms with E-state index in [1.165, 1.54) is 28.9 Å². The van der Waals surface area contributed by atoms with Crippen LogP contribution in [-0.2, 0) is 5.41 Å². The third kappa shape index (κ3) is 3.72. The van der Waals surface area contributed by atoms with E-state index in [4.69, 9.17) is 14.4 Å². The Balaban J connectivity index is 1.60. The Hall–Kier alpha value is -4.51. The first kappa shape index (κ1) is 24.5. The van der Waals surface area contributed by atoms with Crippen LogP contribution in [0, 0.1) is 5.82 Å². The van der Waals surface area contributed by atoms with Crippen molar-refractivity contribution in [2.75, 3.05) is 0 Å². The highest BCUT2D eigenvalue weighted by Crippen LogP contribution is 2.42. The number of pyridine rings is 1. The first-order valence-corrected chi connectivity index (χ1v) is 13.7. The number of hydrogen-bond donors (Lipinski definition) is 0. The van der Waals surface area contributed by atoms with Crippen molar-refractivity contribution >= 4 is 44.0 Å². The highest BCUT2D eigenvalue weighted by molar-refractivity contribution is 6.11. The van der Waals surface area contributed by atoms with Gasteiger partial charge in [0.2, 0.25) is 5.71 Å². The van der Waals surface area contributed by atoms with Gasteiger partial charge in [-0.15, -0.1) is 0 Å². The fraction of sp³-hybridized carbons (Fsp3) is 0.200. The molecule has 0 aliphatic carbocycles. The lowest BCUT2D eigenvalue weighted by atomic mass is 9.82. The molecule has 198 valence electrons. The number of fused-ring (bicyclic) bond motifs is 5. The topological polar surface area (TPSA) is 43.9 Å². The van der Waals surface area contributed by atoms with E-state index < -0.39 is 0 Å². The van der Waals surface area contributed by atoms with Crippen molar-refractivity contribution in [3.05, 3.63) is 102 Å². The minimum Gasteiger partial charge on any atom is -0.437 e. The van der Waals surface area contributed by atoms with Gasteiger partial charge < -0.3 is 4.42 Å². The van der Waals surface area contributed by atoms with Gasteiger partial charge >= 0.3 is 0 Å². The summed E-state index contributed by atoms with van der Waals surface area (Å²) in [5, 5.41) is 2.53. The summed E-state index contributed by atoms with van der Waals surface area (Å²) in [5.41, 5.74) is 8.40. The number of para-hydroxylation sites is 4. The van der Waals surface area contributed by atoms with E-state index in [-0.39, 0.29) is 11.2 Å². The summed E-state index contributed by atoms with van der Waals surface area (Å²) in [5.74, 6) is 0.847. The van der Waals surface area contributed by atoms with Crippen molar-refractivity contribution < 1.29 is 8.81 Å². The smallest absolute Gasteiger partial charge is 0.227 e. The summed E-state index contributed by atoms with van der Waals surface area (Å²) in [6.45, 7) is 11.3. The van der Waals surface area contributed by atoms with Crippen LogP contribution in [-0.4, -0.2) is 14.5 Å². The number of imidazole rings is 1. The average molecular weight is 528 g/mol. The molecular formula is C35H30FN3O. The Labute approximate surface area is 232 Å². The molecule has 7 rings (SSSR count). The van der Waals surface area contributed by atoms with Crippen molar-refractivity contribution in [1.29, 1.82) is 0 Å². The van der Waals surface area contributed by atoms with Gasteiger partial charge in [-0.05, 0) is 64.9 Å². The SMILES string of the molecule is CC(C)c1cccc(C(C)(C)C)c1-n1c(-c2cccc3c2oc2nc4ccc(F)cc4cc23)nc2ccccc21. The minimum atomic E-state index is -0.283. The zero-order valence-corrected chi connectivity index (χ0v) is 23.3. The molecule has 3 heterocycles. The molecule has 4 nitrogen and oxygen atoms in total. The maximum atomic E-state index is 14.0. The van der Waals surface area contributed by atoms with Gasteiger partial charge in [0, 0.05) is 16.2 Å². The van der Waals surface area contributed by atoms with Gasteiger partial charge in [0.15, 0.2) is 0 Å². The van der Waals surface area contributed by atoms with E-state index in [2.05, 4.69) is 81.7 Å². The van der Waals surface area contributed by atoms with E-state index in [9.17, 15) is 4.39 Å². The van der Waals surface area contributed by atoms with Gasteiger partial charge in [0.25, 0.3) is 0 Å². The lowest BCUT2D eigenvalue weighted by Gasteiger charge is -2.28. The largest absolute Gasteiger partial charge is 0.437 e. The lowest BCUT2D eigenvalue weighted by molar-refractivity contribution is 0.585. The summed E-state index contributed by atoms with van der Waals surface area (Å²) in [4.78, 5) is 9.94. The van der Waals surface area contributed by atoms with Crippen molar-refractivity contribution in [2.45, 2.75) is 46.0 Å². The van der Waals surface area contributed by atoms with E-state index in [1.54, 1.807) is 6.07 Å². The molecule has 7 aromatic rings. The van der Waals surface area contributed by atoms with Crippen molar-refractivity contribution in [3.63, 3.8) is 0 Å². The molecule has 0 saturated carbocycles. The van der Waals surface area contributed by atoms with Gasteiger partial charge in [-0.2, -0.15) is 0 Å². The predicted molar refractivity (Wildman–Crippen MR) is 162 cm³/mol. The molecule has 0 bridgehead atoms.